The molecule has 0 radical (unpaired) electrons. The fraction of sp³-hybridized carbons (Fsp3) is 0.125. The van der Waals surface area contributed by atoms with Crippen molar-refractivity contribution in [1.82, 2.24) is 15.5 Å². The number of nitrogens with zero attached hydrogens (tertiary/aromatic N) is 2. The maximum absolute atomic E-state index is 13.2. The molecular formula is C24H19F2N3O3. The topological polar surface area (TPSA) is 77.2 Å². The largest absolute Gasteiger partial charge is 0.484 e. The van der Waals surface area contributed by atoms with Crippen molar-refractivity contribution in [3.63, 3.8) is 0 Å². The molecule has 0 unspecified atom stereocenters. The Labute approximate surface area is 182 Å². The summed E-state index contributed by atoms with van der Waals surface area (Å²) in [6.45, 7) is 1.76. The number of carbonyl (C=O) groups is 1. The van der Waals surface area contributed by atoms with Crippen LogP contribution >= 0.6 is 0 Å². The van der Waals surface area contributed by atoms with Crippen LogP contribution in [-0.2, 0) is 11.3 Å². The molecule has 0 spiro atoms. The zero-order chi connectivity index (χ0) is 22.5. The van der Waals surface area contributed by atoms with Crippen molar-refractivity contribution < 1.29 is 22.8 Å². The second kappa shape index (κ2) is 9.38. The van der Waals surface area contributed by atoms with E-state index in [1.807, 2.05) is 31.2 Å². The molecule has 8 heteroatoms. The highest BCUT2D eigenvalue weighted by Gasteiger charge is 2.11. The van der Waals surface area contributed by atoms with Crippen LogP contribution in [0.4, 0.5) is 8.78 Å². The standard InChI is InChI=1S/C24H19F2N3O3/c1-15-2-4-17(5-3-15)23-28-24(32-29-23)18-6-8-21(9-7-18)31-14-22(30)27-13-16-10-19(25)12-20(26)11-16/h2-12H,13-14H2,1H3,(H,27,30). The first-order valence-electron chi connectivity index (χ1n) is 9.82. The molecule has 4 rings (SSSR count). The van der Waals surface area contributed by atoms with Crippen LogP contribution in [0.15, 0.2) is 71.3 Å². The van der Waals surface area contributed by atoms with Gasteiger partial charge >= 0.3 is 0 Å². The number of hydrogen-bond acceptors (Lipinski definition) is 5. The predicted octanol–water partition coefficient (Wildman–Crippen LogP) is 4.69. The second-order valence-corrected chi connectivity index (χ2v) is 7.16. The number of aromatic nitrogens is 2. The summed E-state index contributed by atoms with van der Waals surface area (Å²) in [5, 5.41) is 6.57. The Balaban J connectivity index is 1.31. The molecule has 4 aromatic rings. The van der Waals surface area contributed by atoms with E-state index >= 15 is 0 Å². The summed E-state index contributed by atoms with van der Waals surface area (Å²) in [5.74, 6) is -0.477. The van der Waals surface area contributed by atoms with Crippen LogP contribution in [0, 0.1) is 18.6 Å². The van der Waals surface area contributed by atoms with Crippen LogP contribution in [0.25, 0.3) is 22.8 Å². The Morgan fingerprint density at radius 3 is 2.31 bits per heavy atom. The van der Waals surface area contributed by atoms with E-state index in [-0.39, 0.29) is 13.2 Å². The molecule has 0 aliphatic heterocycles. The molecule has 0 aliphatic rings. The molecule has 0 atom stereocenters. The smallest absolute Gasteiger partial charge is 0.258 e. The number of carbonyl (C=O) groups excluding carboxylic acids is 1. The minimum Gasteiger partial charge on any atom is -0.484 e. The zero-order valence-electron chi connectivity index (χ0n) is 17.1. The van der Waals surface area contributed by atoms with Gasteiger partial charge in [0.1, 0.15) is 17.4 Å². The molecule has 162 valence electrons. The van der Waals surface area contributed by atoms with E-state index in [4.69, 9.17) is 9.26 Å². The summed E-state index contributed by atoms with van der Waals surface area (Å²) in [5.41, 5.74) is 3.03. The normalized spacial score (nSPS) is 10.7. The number of amides is 1. The second-order valence-electron chi connectivity index (χ2n) is 7.16. The lowest BCUT2D eigenvalue weighted by molar-refractivity contribution is -0.123. The van der Waals surface area contributed by atoms with Crippen molar-refractivity contribution in [3.8, 4) is 28.6 Å². The van der Waals surface area contributed by atoms with Gasteiger partial charge in [0.15, 0.2) is 6.61 Å². The first-order chi connectivity index (χ1) is 15.5. The molecule has 0 saturated heterocycles. The van der Waals surface area contributed by atoms with Crippen molar-refractivity contribution in [2.45, 2.75) is 13.5 Å². The quantitative estimate of drug-likeness (QED) is 0.456. The summed E-state index contributed by atoms with van der Waals surface area (Å²) in [6, 6.07) is 17.7. The summed E-state index contributed by atoms with van der Waals surface area (Å²) in [7, 11) is 0. The van der Waals surface area contributed by atoms with E-state index in [2.05, 4.69) is 15.5 Å². The third-order valence-corrected chi connectivity index (χ3v) is 4.62. The van der Waals surface area contributed by atoms with E-state index in [0.717, 1.165) is 29.3 Å². The summed E-state index contributed by atoms with van der Waals surface area (Å²) in [6.07, 6.45) is 0. The number of aryl methyl sites for hydroxylation is 1. The van der Waals surface area contributed by atoms with Gasteiger partial charge in [-0.05, 0) is 48.9 Å². The Morgan fingerprint density at radius 2 is 1.62 bits per heavy atom. The van der Waals surface area contributed by atoms with Gasteiger partial charge in [-0.3, -0.25) is 4.79 Å². The Kier molecular flexibility index (Phi) is 6.21. The molecule has 3 aromatic carbocycles. The minimum atomic E-state index is -0.696. The molecule has 1 heterocycles. The number of ether oxygens (including phenoxy) is 1. The number of nitrogens with one attached hydrogen (secondary N) is 1. The predicted molar refractivity (Wildman–Crippen MR) is 114 cm³/mol. The highest BCUT2D eigenvalue weighted by atomic mass is 19.1. The molecular weight excluding hydrogens is 416 g/mol. The lowest BCUT2D eigenvalue weighted by atomic mass is 10.1. The molecule has 32 heavy (non-hydrogen) atoms. The minimum absolute atomic E-state index is 0.00368. The molecule has 0 fully saturated rings. The van der Waals surface area contributed by atoms with Gasteiger partial charge in [0.05, 0.1) is 0 Å². The first kappa shape index (κ1) is 21.2. The van der Waals surface area contributed by atoms with Crippen molar-refractivity contribution in [2.24, 2.45) is 0 Å². The lowest BCUT2D eigenvalue weighted by Gasteiger charge is -2.08. The van der Waals surface area contributed by atoms with Gasteiger partial charge in [-0.2, -0.15) is 4.98 Å². The molecule has 1 aromatic heterocycles. The van der Waals surface area contributed by atoms with E-state index in [0.29, 0.717) is 28.6 Å². The molecule has 6 nitrogen and oxygen atoms in total. The van der Waals surface area contributed by atoms with Crippen LogP contribution in [-0.4, -0.2) is 22.7 Å². The van der Waals surface area contributed by atoms with Gasteiger partial charge in [-0.1, -0.05) is 35.0 Å². The maximum Gasteiger partial charge on any atom is 0.258 e. The Bertz CT molecular complexity index is 1200. The van der Waals surface area contributed by atoms with Crippen LogP contribution in [0.2, 0.25) is 0 Å². The summed E-state index contributed by atoms with van der Waals surface area (Å²) >= 11 is 0. The number of halogens is 2. The van der Waals surface area contributed by atoms with Crippen molar-refractivity contribution >= 4 is 5.91 Å². The summed E-state index contributed by atoms with van der Waals surface area (Å²) in [4.78, 5) is 16.4. The Morgan fingerprint density at radius 1 is 0.969 bits per heavy atom. The number of benzene rings is 3. The van der Waals surface area contributed by atoms with Crippen LogP contribution < -0.4 is 10.1 Å². The highest BCUT2D eigenvalue weighted by Crippen LogP contribution is 2.24. The van der Waals surface area contributed by atoms with Gasteiger partial charge in [0, 0.05) is 23.7 Å². The zero-order valence-corrected chi connectivity index (χ0v) is 17.1. The van der Waals surface area contributed by atoms with Crippen LogP contribution in [0.3, 0.4) is 0 Å². The average Bonchev–Trinajstić information content (AvgIpc) is 3.27. The lowest BCUT2D eigenvalue weighted by Crippen LogP contribution is -2.28. The van der Waals surface area contributed by atoms with Crippen molar-refractivity contribution in [2.75, 3.05) is 6.61 Å². The maximum atomic E-state index is 13.2. The first-order valence-corrected chi connectivity index (χ1v) is 9.82. The van der Waals surface area contributed by atoms with Crippen molar-refractivity contribution in [1.29, 1.82) is 0 Å². The summed E-state index contributed by atoms with van der Waals surface area (Å²) < 4.78 is 37.2. The number of rotatable bonds is 7. The van der Waals surface area contributed by atoms with Gasteiger partial charge < -0.3 is 14.6 Å². The monoisotopic (exact) mass is 435 g/mol. The van der Waals surface area contributed by atoms with Crippen LogP contribution in [0.5, 0.6) is 5.75 Å². The van der Waals surface area contributed by atoms with Gasteiger partial charge in [0.2, 0.25) is 5.82 Å². The van der Waals surface area contributed by atoms with E-state index in [1.165, 1.54) is 0 Å². The molecule has 0 bridgehead atoms. The van der Waals surface area contributed by atoms with Gasteiger partial charge in [-0.25, -0.2) is 8.78 Å². The van der Waals surface area contributed by atoms with E-state index in [9.17, 15) is 13.6 Å². The molecule has 0 saturated carbocycles. The molecule has 1 N–H and O–H groups in total. The molecule has 0 aliphatic carbocycles. The SMILES string of the molecule is Cc1ccc(-c2noc(-c3ccc(OCC(=O)NCc4cc(F)cc(F)c4)cc3)n2)cc1. The third kappa shape index (κ3) is 5.34. The van der Waals surface area contributed by atoms with Crippen molar-refractivity contribution in [3.05, 3.63) is 89.5 Å². The molecule has 1 amide bonds. The third-order valence-electron chi connectivity index (χ3n) is 4.62. The Hall–Kier alpha value is -4.07. The highest BCUT2D eigenvalue weighted by molar-refractivity contribution is 5.77. The fourth-order valence-corrected chi connectivity index (χ4v) is 2.97. The van der Waals surface area contributed by atoms with Crippen LogP contribution in [0.1, 0.15) is 11.1 Å². The van der Waals surface area contributed by atoms with Gasteiger partial charge in [-0.15, -0.1) is 0 Å². The fourth-order valence-electron chi connectivity index (χ4n) is 2.97. The van der Waals surface area contributed by atoms with E-state index in [1.54, 1.807) is 24.3 Å². The number of hydrogen-bond donors (Lipinski definition) is 1. The van der Waals surface area contributed by atoms with E-state index < -0.39 is 17.5 Å². The van der Waals surface area contributed by atoms with Gasteiger partial charge in [0.25, 0.3) is 11.8 Å². The average molecular weight is 435 g/mol.